The molecule has 8 heteroatoms. The highest BCUT2D eigenvalue weighted by molar-refractivity contribution is 6.24. The van der Waals surface area contributed by atoms with Gasteiger partial charge in [-0.05, 0) is 23.6 Å². The van der Waals surface area contributed by atoms with Crippen LogP contribution in [0.3, 0.4) is 0 Å². The quantitative estimate of drug-likeness (QED) is 0.706. The second-order valence-electron chi connectivity index (χ2n) is 8.39. The number of hydrogen-bond donors (Lipinski definition) is 2. The molecule has 2 aromatic carbocycles. The summed E-state index contributed by atoms with van der Waals surface area (Å²) in [6, 6.07) is 14.7. The number of imide groups is 2. The zero-order valence-electron chi connectivity index (χ0n) is 17.5. The first kappa shape index (κ1) is 20.5. The summed E-state index contributed by atoms with van der Waals surface area (Å²) in [5.74, 6) is -1.90. The first-order valence-electron chi connectivity index (χ1n) is 10.9. The highest BCUT2D eigenvalue weighted by Gasteiger charge is 2.45. The number of rotatable bonds is 4. The molecule has 3 aliphatic heterocycles. The van der Waals surface area contributed by atoms with E-state index >= 15 is 0 Å². The number of hydrogen-bond acceptors (Lipinski definition) is 6. The second kappa shape index (κ2) is 8.29. The molecule has 0 saturated carbocycles. The number of benzene rings is 2. The molecule has 5 rings (SSSR count). The van der Waals surface area contributed by atoms with Crippen molar-refractivity contribution in [3.05, 3.63) is 70.8 Å². The third kappa shape index (κ3) is 3.51. The first-order valence-corrected chi connectivity index (χ1v) is 10.9. The summed E-state index contributed by atoms with van der Waals surface area (Å²) in [5.41, 5.74) is 2.66. The minimum Gasteiger partial charge on any atom is -0.314 e. The fraction of sp³-hybridized carbons (Fsp3) is 0.333. The lowest BCUT2D eigenvalue weighted by atomic mass is 9.99. The molecule has 3 aliphatic rings. The van der Waals surface area contributed by atoms with E-state index in [1.54, 1.807) is 12.1 Å². The van der Waals surface area contributed by atoms with Crippen molar-refractivity contribution in [2.24, 2.45) is 0 Å². The van der Waals surface area contributed by atoms with Crippen LogP contribution < -0.4 is 10.6 Å². The fourth-order valence-electron chi connectivity index (χ4n) is 4.87. The predicted octanol–water partition coefficient (Wildman–Crippen LogP) is 1.23. The molecule has 0 aromatic heterocycles. The fourth-order valence-corrected chi connectivity index (χ4v) is 4.87. The number of amides is 4. The van der Waals surface area contributed by atoms with Crippen molar-refractivity contribution < 1.29 is 19.2 Å². The summed E-state index contributed by atoms with van der Waals surface area (Å²) < 4.78 is 0. The minimum absolute atomic E-state index is 0.107. The van der Waals surface area contributed by atoms with Crippen LogP contribution in [0.1, 0.15) is 50.7 Å². The molecule has 0 radical (unpaired) electrons. The lowest BCUT2D eigenvalue weighted by Gasteiger charge is -2.37. The number of piperazine rings is 1. The molecule has 2 saturated heterocycles. The van der Waals surface area contributed by atoms with E-state index in [9.17, 15) is 19.2 Å². The summed E-state index contributed by atoms with van der Waals surface area (Å²) in [5, 5.41) is 5.67. The van der Waals surface area contributed by atoms with Crippen molar-refractivity contribution in [3.8, 4) is 0 Å². The van der Waals surface area contributed by atoms with E-state index in [1.165, 1.54) is 5.56 Å². The molecule has 32 heavy (non-hydrogen) atoms. The van der Waals surface area contributed by atoms with Crippen LogP contribution in [0.25, 0.3) is 0 Å². The van der Waals surface area contributed by atoms with E-state index in [4.69, 9.17) is 0 Å². The number of carbonyl (C=O) groups is 4. The van der Waals surface area contributed by atoms with Crippen LogP contribution in [0.5, 0.6) is 0 Å². The van der Waals surface area contributed by atoms with Gasteiger partial charge in [0.05, 0.1) is 11.1 Å². The van der Waals surface area contributed by atoms with Crippen LogP contribution in [0.4, 0.5) is 0 Å². The molecule has 1 unspecified atom stereocenters. The Morgan fingerprint density at radius 2 is 1.72 bits per heavy atom. The van der Waals surface area contributed by atoms with Crippen molar-refractivity contribution in [1.82, 2.24) is 20.4 Å². The van der Waals surface area contributed by atoms with Gasteiger partial charge in [0.15, 0.2) is 0 Å². The predicted molar refractivity (Wildman–Crippen MR) is 116 cm³/mol. The topological polar surface area (TPSA) is 98.8 Å². The summed E-state index contributed by atoms with van der Waals surface area (Å²) in [7, 11) is 0. The van der Waals surface area contributed by atoms with E-state index in [1.807, 2.05) is 24.3 Å². The standard InChI is InChI=1S/C24H24N4O4/c29-20-10-9-18(22(30)26-20)28-23(31)17-8-4-7-16(21(17)24(28)32)14-27-12-11-25-13-19(27)15-5-2-1-3-6-15/h1-8,18-19,25H,9-14H2,(H,26,29,30)/t18?,19-/m1/s1. The molecule has 2 atom stereocenters. The smallest absolute Gasteiger partial charge is 0.262 e. The number of carbonyl (C=O) groups excluding carboxylic acids is 4. The van der Waals surface area contributed by atoms with E-state index in [0.29, 0.717) is 17.7 Å². The van der Waals surface area contributed by atoms with E-state index in [0.717, 1.165) is 30.1 Å². The second-order valence-corrected chi connectivity index (χ2v) is 8.39. The Morgan fingerprint density at radius 3 is 2.50 bits per heavy atom. The molecule has 3 heterocycles. The number of piperidine rings is 1. The Morgan fingerprint density at radius 1 is 0.906 bits per heavy atom. The maximum absolute atomic E-state index is 13.4. The summed E-state index contributed by atoms with van der Waals surface area (Å²) in [4.78, 5) is 53.6. The number of nitrogens with zero attached hydrogens (tertiary/aromatic N) is 2. The summed E-state index contributed by atoms with van der Waals surface area (Å²) in [6.45, 7) is 2.97. The lowest BCUT2D eigenvalue weighted by molar-refractivity contribution is -0.136. The molecule has 2 N–H and O–H groups in total. The van der Waals surface area contributed by atoms with Crippen LogP contribution in [-0.4, -0.2) is 59.1 Å². The van der Waals surface area contributed by atoms with Gasteiger partial charge < -0.3 is 5.32 Å². The molecular weight excluding hydrogens is 408 g/mol. The zero-order chi connectivity index (χ0) is 22.2. The Kier molecular flexibility index (Phi) is 5.32. The summed E-state index contributed by atoms with van der Waals surface area (Å²) >= 11 is 0. The van der Waals surface area contributed by atoms with E-state index < -0.39 is 23.8 Å². The van der Waals surface area contributed by atoms with Gasteiger partial charge in [0.2, 0.25) is 11.8 Å². The zero-order valence-corrected chi connectivity index (χ0v) is 17.5. The van der Waals surface area contributed by atoms with Crippen molar-refractivity contribution in [2.75, 3.05) is 19.6 Å². The maximum atomic E-state index is 13.4. The summed E-state index contributed by atoms with van der Waals surface area (Å²) in [6.07, 6.45) is 0.259. The maximum Gasteiger partial charge on any atom is 0.262 e. The normalized spacial score (nSPS) is 23.9. The molecule has 164 valence electrons. The molecule has 8 nitrogen and oxygen atoms in total. The van der Waals surface area contributed by atoms with Gasteiger partial charge in [0, 0.05) is 38.6 Å². The van der Waals surface area contributed by atoms with Gasteiger partial charge in [0.25, 0.3) is 11.8 Å². The van der Waals surface area contributed by atoms with Crippen LogP contribution in [0.2, 0.25) is 0 Å². The first-order chi connectivity index (χ1) is 15.5. The van der Waals surface area contributed by atoms with Gasteiger partial charge in [0.1, 0.15) is 6.04 Å². The molecule has 0 aliphatic carbocycles. The molecule has 4 amide bonds. The van der Waals surface area contributed by atoms with Gasteiger partial charge in [-0.25, -0.2) is 0 Å². The van der Waals surface area contributed by atoms with Gasteiger partial charge in [-0.2, -0.15) is 0 Å². The largest absolute Gasteiger partial charge is 0.314 e. The van der Waals surface area contributed by atoms with Crippen LogP contribution in [0.15, 0.2) is 48.5 Å². The number of nitrogens with one attached hydrogen (secondary N) is 2. The molecule has 2 aromatic rings. The Hall–Kier alpha value is -3.36. The lowest BCUT2D eigenvalue weighted by Crippen LogP contribution is -2.54. The molecular formula is C24H24N4O4. The number of fused-ring (bicyclic) bond motifs is 1. The highest BCUT2D eigenvalue weighted by Crippen LogP contribution is 2.32. The van der Waals surface area contributed by atoms with Gasteiger partial charge in [-0.15, -0.1) is 0 Å². The van der Waals surface area contributed by atoms with Gasteiger partial charge in [-0.1, -0.05) is 42.5 Å². The van der Waals surface area contributed by atoms with Crippen LogP contribution in [-0.2, 0) is 16.1 Å². The molecule has 0 bridgehead atoms. The Bertz CT molecular complexity index is 1100. The van der Waals surface area contributed by atoms with Crippen molar-refractivity contribution >= 4 is 23.6 Å². The average Bonchev–Trinajstić information content (AvgIpc) is 3.06. The van der Waals surface area contributed by atoms with Crippen LogP contribution >= 0.6 is 0 Å². The van der Waals surface area contributed by atoms with Crippen LogP contribution in [0, 0.1) is 0 Å². The van der Waals surface area contributed by atoms with E-state index in [-0.39, 0.29) is 24.8 Å². The van der Waals surface area contributed by atoms with Gasteiger partial charge >= 0.3 is 0 Å². The monoisotopic (exact) mass is 432 g/mol. The third-order valence-electron chi connectivity index (χ3n) is 6.47. The molecule has 0 spiro atoms. The van der Waals surface area contributed by atoms with Crippen molar-refractivity contribution in [1.29, 1.82) is 0 Å². The Balaban J connectivity index is 1.44. The average molecular weight is 432 g/mol. The Labute approximate surface area is 185 Å². The minimum atomic E-state index is -0.954. The highest BCUT2D eigenvalue weighted by atomic mass is 16.2. The third-order valence-corrected chi connectivity index (χ3v) is 6.47. The van der Waals surface area contributed by atoms with E-state index in [2.05, 4.69) is 27.7 Å². The SMILES string of the molecule is O=C1CCC(N2C(=O)c3cccc(CN4CCNC[C@@H]4c4ccccc4)c3C2=O)C(=O)N1. The van der Waals surface area contributed by atoms with Crippen molar-refractivity contribution in [3.63, 3.8) is 0 Å². The van der Waals surface area contributed by atoms with Gasteiger partial charge in [-0.3, -0.25) is 34.3 Å². The molecule has 2 fully saturated rings. The van der Waals surface area contributed by atoms with Crippen molar-refractivity contribution in [2.45, 2.75) is 31.5 Å².